The lowest BCUT2D eigenvalue weighted by atomic mass is 9.97. The number of rotatable bonds is 5. The van der Waals surface area contributed by atoms with Crippen LogP contribution in [0.15, 0.2) is 197 Å². The molecule has 0 saturated carbocycles. The van der Waals surface area contributed by atoms with Gasteiger partial charge in [0.1, 0.15) is 11.2 Å². The molecule has 0 unspecified atom stereocenters. The first-order valence-electron chi connectivity index (χ1n) is 18.0. The molecule has 0 saturated heterocycles. The second-order valence-electron chi connectivity index (χ2n) is 13.7. The van der Waals surface area contributed by atoms with Crippen molar-refractivity contribution >= 4 is 82.5 Å². The molecular formula is C50H31NO2. The lowest BCUT2D eigenvalue weighted by Crippen LogP contribution is -2.10. The van der Waals surface area contributed by atoms with E-state index in [0.29, 0.717) is 0 Å². The van der Waals surface area contributed by atoms with Gasteiger partial charge in [0.05, 0.1) is 11.4 Å². The third-order valence-electron chi connectivity index (χ3n) is 10.7. The third kappa shape index (κ3) is 4.68. The predicted molar refractivity (Wildman–Crippen MR) is 222 cm³/mol. The molecule has 0 radical (unpaired) electrons. The zero-order valence-electron chi connectivity index (χ0n) is 28.7. The molecule has 0 spiro atoms. The van der Waals surface area contributed by atoms with Gasteiger partial charge in [0.25, 0.3) is 0 Å². The molecule has 0 atom stereocenters. The lowest BCUT2D eigenvalue weighted by molar-refractivity contribution is 0.666. The maximum Gasteiger partial charge on any atom is 0.159 e. The highest BCUT2D eigenvalue weighted by molar-refractivity contribution is 6.16. The van der Waals surface area contributed by atoms with Crippen LogP contribution in [0.4, 0.5) is 17.1 Å². The Morgan fingerprint density at radius 3 is 1.68 bits per heavy atom. The van der Waals surface area contributed by atoms with Gasteiger partial charge in [-0.2, -0.15) is 0 Å². The number of benzene rings is 9. The standard InChI is InChI=1S/C50H31NO2/c1-2-11-33(12-3-1)39-16-8-17-42-43-19-10-21-46(50(43)53-48(39)42)51(45-20-9-18-41-40-15-6-7-22-47(40)52-49(41)45)37-29-27-32(28-30-37)36-26-25-35-24-23-34-13-4-5-14-38(34)44(35)31-36/h1-31H. The highest BCUT2D eigenvalue weighted by atomic mass is 16.3. The van der Waals surface area contributed by atoms with Gasteiger partial charge in [0.15, 0.2) is 11.2 Å². The van der Waals surface area contributed by atoms with Gasteiger partial charge in [-0.25, -0.2) is 0 Å². The van der Waals surface area contributed by atoms with Crippen LogP contribution < -0.4 is 4.90 Å². The molecule has 0 aliphatic rings. The van der Waals surface area contributed by atoms with Gasteiger partial charge in [-0.05, 0) is 74.6 Å². The molecule has 0 bridgehead atoms. The SMILES string of the molecule is c1ccc(-c2cccc3c2oc2c(N(c4ccc(-c5ccc6ccc7ccccc7c6c5)cc4)c4cccc5c4oc4ccccc45)cccc23)cc1. The van der Waals surface area contributed by atoms with Crippen molar-refractivity contribution in [3.8, 4) is 22.3 Å². The maximum absolute atomic E-state index is 6.96. The maximum atomic E-state index is 6.96. The monoisotopic (exact) mass is 677 g/mol. The number of furan rings is 2. The average Bonchev–Trinajstić information content (AvgIpc) is 3.81. The summed E-state index contributed by atoms with van der Waals surface area (Å²) in [6.45, 7) is 0. The van der Waals surface area contributed by atoms with Crippen molar-refractivity contribution in [1.29, 1.82) is 0 Å². The topological polar surface area (TPSA) is 29.5 Å². The zero-order valence-corrected chi connectivity index (χ0v) is 28.7. The van der Waals surface area contributed by atoms with E-state index in [2.05, 4.69) is 175 Å². The molecule has 2 aromatic heterocycles. The number of anilines is 3. The smallest absolute Gasteiger partial charge is 0.159 e. The Bertz CT molecular complexity index is 3170. The number of hydrogen-bond donors (Lipinski definition) is 0. The van der Waals surface area contributed by atoms with Crippen LogP contribution in [0.25, 0.3) is 87.7 Å². The highest BCUT2D eigenvalue weighted by Crippen LogP contribution is 2.47. The Kier molecular flexibility index (Phi) is 6.55. The van der Waals surface area contributed by atoms with Crippen molar-refractivity contribution in [1.82, 2.24) is 0 Å². The number of nitrogens with zero attached hydrogens (tertiary/aromatic N) is 1. The minimum Gasteiger partial charge on any atom is -0.454 e. The lowest BCUT2D eigenvalue weighted by Gasteiger charge is -2.25. The van der Waals surface area contributed by atoms with Crippen molar-refractivity contribution < 1.29 is 8.83 Å². The van der Waals surface area contributed by atoms with E-state index >= 15 is 0 Å². The molecule has 11 aromatic rings. The van der Waals surface area contributed by atoms with Gasteiger partial charge < -0.3 is 13.7 Å². The van der Waals surface area contributed by atoms with Crippen LogP contribution in [0.3, 0.4) is 0 Å². The average molecular weight is 678 g/mol. The quantitative estimate of drug-likeness (QED) is 0.170. The first kappa shape index (κ1) is 29.6. The summed E-state index contributed by atoms with van der Waals surface area (Å²) in [5, 5.41) is 9.34. The summed E-state index contributed by atoms with van der Waals surface area (Å²) in [5.74, 6) is 0. The van der Waals surface area contributed by atoms with Crippen LogP contribution in [0.2, 0.25) is 0 Å². The van der Waals surface area contributed by atoms with Gasteiger partial charge in [-0.1, -0.05) is 152 Å². The van der Waals surface area contributed by atoms with Crippen LogP contribution in [-0.4, -0.2) is 0 Å². The number of hydrogen-bond acceptors (Lipinski definition) is 3. The van der Waals surface area contributed by atoms with E-state index in [1.807, 2.05) is 18.2 Å². The normalized spacial score (nSPS) is 11.8. The first-order chi connectivity index (χ1) is 26.3. The Morgan fingerprint density at radius 1 is 0.321 bits per heavy atom. The van der Waals surface area contributed by atoms with Crippen LogP contribution in [0.5, 0.6) is 0 Å². The van der Waals surface area contributed by atoms with E-state index in [0.717, 1.165) is 77.6 Å². The summed E-state index contributed by atoms with van der Waals surface area (Å²) in [6, 6.07) is 66.6. The molecular weight excluding hydrogens is 647 g/mol. The molecule has 3 nitrogen and oxygen atoms in total. The van der Waals surface area contributed by atoms with Gasteiger partial charge >= 0.3 is 0 Å². The molecule has 0 fully saturated rings. The zero-order chi connectivity index (χ0) is 34.9. The second-order valence-corrected chi connectivity index (χ2v) is 13.7. The van der Waals surface area contributed by atoms with Crippen molar-refractivity contribution in [2.24, 2.45) is 0 Å². The highest BCUT2D eigenvalue weighted by Gasteiger charge is 2.24. The van der Waals surface area contributed by atoms with E-state index in [9.17, 15) is 0 Å². The predicted octanol–water partition coefficient (Wildman–Crippen LogP) is 14.6. The molecule has 53 heavy (non-hydrogen) atoms. The van der Waals surface area contributed by atoms with Crippen molar-refractivity contribution in [2.75, 3.05) is 4.90 Å². The van der Waals surface area contributed by atoms with Crippen LogP contribution in [-0.2, 0) is 0 Å². The minimum atomic E-state index is 0.824. The van der Waals surface area contributed by atoms with Gasteiger partial charge in [-0.15, -0.1) is 0 Å². The molecule has 0 aliphatic carbocycles. The van der Waals surface area contributed by atoms with E-state index in [1.54, 1.807) is 0 Å². The Hall–Kier alpha value is -7.10. The van der Waals surface area contributed by atoms with E-state index in [4.69, 9.17) is 8.83 Å². The van der Waals surface area contributed by atoms with Crippen LogP contribution >= 0.6 is 0 Å². The third-order valence-corrected chi connectivity index (χ3v) is 10.7. The molecule has 0 N–H and O–H groups in total. The van der Waals surface area contributed by atoms with Crippen LogP contribution in [0, 0.1) is 0 Å². The summed E-state index contributed by atoms with van der Waals surface area (Å²) in [4.78, 5) is 2.29. The molecule has 248 valence electrons. The first-order valence-corrected chi connectivity index (χ1v) is 18.0. The van der Waals surface area contributed by atoms with Gasteiger partial charge in [0, 0.05) is 32.8 Å². The van der Waals surface area contributed by atoms with Gasteiger partial charge in [0.2, 0.25) is 0 Å². The van der Waals surface area contributed by atoms with E-state index in [-0.39, 0.29) is 0 Å². The summed E-state index contributed by atoms with van der Waals surface area (Å²) in [5.41, 5.74) is 10.8. The summed E-state index contributed by atoms with van der Waals surface area (Å²) < 4.78 is 13.6. The number of fused-ring (bicyclic) bond motifs is 9. The summed E-state index contributed by atoms with van der Waals surface area (Å²) in [6.07, 6.45) is 0. The van der Waals surface area contributed by atoms with Crippen LogP contribution in [0.1, 0.15) is 0 Å². The van der Waals surface area contributed by atoms with Crippen molar-refractivity contribution in [3.05, 3.63) is 188 Å². The Balaban J connectivity index is 1.12. The van der Waals surface area contributed by atoms with E-state index in [1.165, 1.54) is 27.1 Å². The Labute approximate surface area is 305 Å². The fraction of sp³-hybridized carbons (Fsp3) is 0. The minimum absolute atomic E-state index is 0.824. The molecule has 9 aromatic carbocycles. The van der Waals surface area contributed by atoms with Crippen molar-refractivity contribution in [2.45, 2.75) is 0 Å². The molecule has 0 aliphatic heterocycles. The largest absolute Gasteiger partial charge is 0.454 e. The molecule has 11 rings (SSSR count). The van der Waals surface area contributed by atoms with E-state index < -0.39 is 0 Å². The summed E-state index contributed by atoms with van der Waals surface area (Å²) in [7, 11) is 0. The number of para-hydroxylation sites is 4. The fourth-order valence-electron chi connectivity index (χ4n) is 8.13. The summed E-state index contributed by atoms with van der Waals surface area (Å²) >= 11 is 0. The van der Waals surface area contributed by atoms with Crippen molar-refractivity contribution in [3.63, 3.8) is 0 Å². The molecule has 3 heteroatoms. The molecule has 0 amide bonds. The second kappa shape index (κ2) is 11.7. The van der Waals surface area contributed by atoms with Gasteiger partial charge in [-0.3, -0.25) is 0 Å². The molecule has 2 heterocycles. The fourth-order valence-corrected chi connectivity index (χ4v) is 8.13. The Morgan fingerprint density at radius 2 is 0.887 bits per heavy atom.